The van der Waals surface area contributed by atoms with Crippen molar-refractivity contribution in [1.29, 1.82) is 0 Å². The molecule has 0 aliphatic carbocycles. The van der Waals surface area contributed by atoms with E-state index in [1.807, 2.05) is 12.1 Å². The van der Waals surface area contributed by atoms with Crippen LogP contribution in [0.5, 0.6) is 0 Å². The van der Waals surface area contributed by atoms with Crippen LogP contribution in [0.1, 0.15) is 5.56 Å². The Kier molecular flexibility index (Phi) is 3.62. The molecule has 6 heteroatoms. The first-order valence-electron chi connectivity index (χ1n) is 4.94. The van der Waals surface area contributed by atoms with Crippen LogP contribution >= 0.6 is 11.6 Å². The second-order valence-corrected chi connectivity index (χ2v) is 3.75. The molecule has 0 aliphatic rings. The summed E-state index contributed by atoms with van der Waals surface area (Å²) in [5.41, 5.74) is 0.921. The summed E-state index contributed by atoms with van der Waals surface area (Å²) in [4.78, 5) is 11.4. The summed E-state index contributed by atoms with van der Waals surface area (Å²) in [5, 5.41) is 9.27. The van der Waals surface area contributed by atoms with Gasteiger partial charge in [-0.3, -0.25) is 5.32 Å². The van der Waals surface area contributed by atoms with Crippen LogP contribution < -0.4 is 10.6 Å². The molecule has 2 amide bonds. The molecule has 0 radical (unpaired) electrons. The third-order valence-electron chi connectivity index (χ3n) is 2.02. The molecule has 0 unspecified atom stereocenters. The van der Waals surface area contributed by atoms with Crippen molar-refractivity contribution in [3.05, 3.63) is 47.1 Å². The Morgan fingerprint density at radius 3 is 3.00 bits per heavy atom. The number of benzene rings is 1. The molecule has 88 valence electrons. The van der Waals surface area contributed by atoms with Gasteiger partial charge in [-0.2, -0.15) is 0 Å². The molecular weight excluding hydrogens is 242 g/mol. The second kappa shape index (κ2) is 5.36. The maximum absolute atomic E-state index is 11.4. The number of nitrogens with zero attached hydrogens (tertiary/aromatic N) is 1. The monoisotopic (exact) mass is 251 g/mol. The van der Waals surface area contributed by atoms with Crippen molar-refractivity contribution in [3.63, 3.8) is 0 Å². The van der Waals surface area contributed by atoms with Crippen molar-refractivity contribution in [2.45, 2.75) is 6.54 Å². The molecule has 0 spiro atoms. The number of urea groups is 1. The minimum atomic E-state index is -0.360. The summed E-state index contributed by atoms with van der Waals surface area (Å²) in [6, 6.07) is 8.46. The summed E-state index contributed by atoms with van der Waals surface area (Å²) in [7, 11) is 0. The molecule has 0 aliphatic heterocycles. The SMILES string of the molecule is O=C(NCc1cccc(Cl)c1)Nc1ccno1. The fourth-order valence-electron chi connectivity index (χ4n) is 1.27. The normalized spacial score (nSPS) is 9.94. The average Bonchev–Trinajstić information content (AvgIpc) is 2.79. The van der Waals surface area contributed by atoms with E-state index in [1.54, 1.807) is 18.2 Å². The number of carbonyl (C=O) groups excluding carboxylic acids is 1. The lowest BCUT2D eigenvalue weighted by Crippen LogP contribution is -2.27. The topological polar surface area (TPSA) is 67.2 Å². The lowest BCUT2D eigenvalue weighted by atomic mass is 10.2. The molecular formula is C11H10ClN3O2. The highest BCUT2D eigenvalue weighted by Crippen LogP contribution is 2.10. The van der Waals surface area contributed by atoms with Crippen LogP contribution in [0.4, 0.5) is 10.7 Å². The minimum Gasteiger partial charge on any atom is -0.338 e. The molecule has 2 aromatic rings. The van der Waals surface area contributed by atoms with Gasteiger partial charge in [0.05, 0.1) is 6.20 Å². The van der Waals surface area contributed by atoms with Crippen molar-refractivity contribution < 1.29 is 9.32 Å². The van der Waals surface area contributed by atoms with Gasteiger partial charge in [-0.15, -0.1) is 0 Å². The molecule has 0 saturated heterocycles. The lowest BCUT2D eigenvalue weighted by molar-refractivity contribution is 0.251. The summed E-state index contributed by atoms with van der Waals surface area (Å²) >= 11 is 5.82. The van der Waals surface area contributed by atoms with Crippen LogP contribution in [0.15, 0.2) is 41.1 Å². The number of hydrogen-bond acceptors (Lipinski definition) is 3. The molecule has 5 nitrogen and oxygen atoms in total. The van der Waals surface area contributed by atoms with Crippen molar-refractivity contribution in [2.24, 2.45) is 0 Å². The van der Waals surface area contributed by atoms with Crippen LogP contribution in [0.25, 0.3) is 0 Å². The number of aromatic nitrogens is 1. The summed E-state index contributed by atoms with van der Waals surface area (Å²) in [6.07, 6.45) is 1.45. The van der Waals surface area contributed by atoms with E-state index in [0.29, 0.717) is 17.5 Å². The fourth-order valence-corrected chi connectivity index (χ4v) is 1.48. The molecule has 0 fully saturated rings. The fraction of sp³-hybridized carbons (Fsp3) is 0.0909. The van der Waals surface area contributed by atoms with Gasteiger partial charge in [0.25, 0.3) is 0 Å². The third-order valence-corrected chi connectivity index (χ3v) is 2.25. The van der Waals surface area contributed by atoms with Crippen LogP contribution in [-0.4, -0.2) is 11.2 Å². The van der Waals surface area contributed by atoms with Gasteiger partial charge in [0.1, 0.15) is 0 Å². The quantitative estimate of drug-likeness (QED) is 0.881. The third kappa shape index (κ3) is 3.49. The molecule has 1 aromatic heterocycles. The number of carbonyl (C=O) groups is 1. The first-order valence-corrected chi connectivity index (χ1v) is 5.32. The standard InChI is InChI=1S/C11H10ClN3O2/c12-9-3-1-2-8(6-9)7-13-11(16)15-10-4-5-14-17-10/h1-6H,7H2,(H2,13,15,16). The van der Waals surface area contributed by atoms with Crippen LogP contribution in [0, 0.1) is 0 Å². The van der Waals surface area contributed by atoms with Gasteiger partial charge in [0.2, 0.25) is 5.88 Å². The number of nitrogens with one attached hydrogen (secondary N) is 2. The van der Waals surface area contributed by atoms with Crippen LogP contribution in [0.3, 0.4) is 0 Å². The lowest BCUT2D eigenvalue weighted by Gasteiger charge is -2.05. The first-order chi connectivity index (χ1) is 8.24. The highest BCUT2D eigenvalue weighted by atomic mass is 35.5. The van der Waals surface area contributed by atoms with Gasteiger partial charge in [-0.1, -0.05) is 28.9 Å². The Bertz CT molecular complexity index is 499. The highest BCUT2D eigenvalue weighted by molar-refractivity contribution is 6.30. The Labute approximate surface area is 103 Å². The smallest absolute Gasteiger partial charge is 0.321 e. The van der Waals surface area contributed by atoms with Gasteiger partial charge >= 0.3 is 6.03 Å². The van der Waals surface area contributed by atoms with E-state index in [1.165, 1.54) is 6.20 Å². The number of rotatable bonds is 3. The molecule has 17 heavy (non-hydrogen) atoms. The average molecular weight is 252 g/mol. The zero-order chi connectivity index (χ0) is 12.1. The molecule has 2 N–H and O–H groups in total. The number of amides is 2. The number of anilines is 1. The summed E-state index contributed by atoms with van der Waals surface area (Å²) < 4.78 is 4.73. The molecule has 1 aromatic carbocycles. The zero-order valence-corrected chi connectivity index (χ0v) is 9.57. The highest BCUT2D eigenvalue weighted by Gasteiger charge is 2.03. The van der Waals surface area contributed by atoms with E-state index in [9.17, 15) is 4.79 Å². The number of hydrogen-bond donors (Lipinski definition) is 2. The van der Waals surface area contributed by atoms with Gasteiger partial charge in [-0.05, 0) is 17.7 Å². The van der Waals surface area contributed by atoms with Crippen molar-refractivity contribution >= 4 is 23.5 Å². The predicted molar refractivity (Wildman–Crippen MR) is 63.8 cm³/mol. The van der Waals surface area contributed by atoms with E-state index >= 15 is 0 Å². The van der Waals surface area contributed by atoms with E-state index in [-0.39, 0.29) is 6.03 Å². The number of halogens is 1. The Balaban J connectivity index is 1.84. The maximum atomic E-state index is 11.4. The molecule has 0 saturated carbocycles. The van der Waals surface area contributed by atoms with Gasteiger partial charge in [0.15, 0.2) is 0 Å². The van der Waals surface area contributed by atoms with Gasteiger partial charge in [-0.25, -0.2) is 4.79 Å². The minimum absolute atomic E-state index is 0.300. The molecule has 2 rings (SSSR count). The largest absolute Gasteiger partial charge is 0.338 e. The molecule has 1 heterocycles. The Morgan fingerprint density at radius 1 is 1.41 bits per heavy atom. The van der Waals surface area contributed by atoms with E-state index in [2.05, 4.69) is 15.8 Å². The first kappa shape index (κ1) is 11.5. The summed E-state index contributed by atoms with van der Waals surface area (Å²) in [6.45, 7) is 0.389. The zero-order valence-electron chi connectivity index (χ0n) is 8.81. The molecule has 0 atom stereocenters. The van der Waals surface area contributed by atoms with Crippen LogP contribution in [0.2, 0.25) is 5.02 Å². The second-order valence-electron chi connectivity index (χ2n) is 3.31. The maximum Gasteiger partial charge on any atom is 0.321 e. The van der Waals surface area contributed by atoms with Crippen molar-refractivity contribution in [3.8, 4) is 0 Å². The van der Waals surface area contributed by atoms with E-state index < -0.39 is 0 Å². The van der Waals surface area contributed by atoms with E-state index in [0.717, 1.165) is 5.56 Å². The van der Waals surface area contributed by atoms with E-state index in [4.69, 9.17) is 16.1 Å². The van der Waals surface area contributed by atoms with Crippen LogP contribution in [-0.2, 0) is 6.54 Å². The summed E-state index contributed by atoms with van der Waals surface area (Å²) in [5.74, 6) is 0.300. The Hall–Kier alpha value is -2.01. The predicted octanol–water partition coefficient (Wildman–Crippen LogP) is 2.65. The van der Waals surface area contributed by atoms with Crippen molar-refractivity contribution in [1.82, 2.24) is 10.5 Å². The van der Waals surface area contributed by atoms with Gasteiger partial charge in [0, 0.05) is 17.6 Å². The van der Waals surface area contributed by atoms with Crippen molar-refractivity contribution in [2.75, 3.05) is 5.32 Å². The Morgan fingerprint density at radius 2 is 2.29 bits per heavy atom. The van der Waals surface area contributed by atoms with Gasteiger partial charge < -0.3 is 9.84 Å². The molecule has 0 bridgehead atoms.